The van der Waals surface area contributed by atoms with Gasteiger partial charge >= 0.3 is 29.9 Å². The van der Waals surface area contributed by atoms with E-state index in [-0.39, 0.29) is 31.0 Å². The minimum absolute atomic E-state index is 0.229. The van der Waals surface area contributed by atoms with E-state index in [4.69, 9.17) is 25.2 Å². The van der Waals surface area contributed by atoms with Gasteiger partial charge < -0.3 is 41.1 Å². The van der Waals surface area contributed by atoms with Gasteiger partial charge in [0.05, 0.1) is 6.54 Å². The van der Waals surface area contributed by atoms with E-state index in [1.165, 1.54) is 0 Å². The number of ether oxygens (including phenoxy) is 1. The molecule has 0 bridgehead atoms. The van der Waals surface area contributed by atoms with E-state index in [1.54, 1.807) is 24.3 Å². The molecule has 1 aromatic rings. The highest BCUT2D eigenvalue weighted by Crippen LogP contribution is 2.14. The summed E-state index contributed by atoms with van der Waals surface area (Å²) >= 11 is 0. The largest absolute Gasteiger partial charge is 0.481 e. The summed E-state index contributed by atoms with van der Waals surface area (Å²) in [5.74, 6) is -5.67. The first-order chi connectivity index (χ1) is 17.9. The van der Waals surface area contributed by atoms with Crippen LogP contribution >= 0.6 is 0 Å². The third-order valence-electron chi connectivity index (χ3n) is 4.80. The number of amides is 3. The molecule has 0 fully saturated rings. The fourth-order valence-corrected chi connectivity index (χ4v) is 2.71. The predicted octanol–water partition coefficient (Wildman–Crippen LogP) is 1.08. The van der Waals surface area contributed by atoms with Crippen molar-refractivity contribution in [2.75, 3.05) is 13.1 Å². The molecule has 38 heavy (non-hydrogen) atoms. The van der Waals surface area contributed by atoms with Gasteiger partial charge in [0, 0.05) is 13.0 Å². The number of aliphatic carboxylic acids is 4. The first-order valence-electron chi connectivity index (χ1n) is 11.9. The molecule has 14 heteroatoms. The quantitative estimate of drug-likeness (QED) is 0.116. The Hall–Kier alpha value is -4.36. The first kappa shape index (κ1) is 33.6. The molecule has 0 aromatic heterocycles. The van der Waals surface area contributed by atoms with E-state index in [9.17, 15) is 28.8 Å². The van der Waals surface area contributed by atoms with Crippen LogP contribution in [0.15, 0.2) is 24.3 Å². The molecular weight excluding hydrogens is 506 g/mol. The number of aryl methyl sites for hydroxylation is 1. The van der Waals surface area contributed by atoms with Crippen LogP contribution in [0, 0.1) is 0 Å². The van der Waals surface area contributed by atoms with E-state index in [1.807, 2.05) is 13.8 Å². The van der Waals surface area contributed by atoms with Crippen LogP contribution in [-0.4, -0.2) is 81.5 Å². The summed E-state index contributed by atoms with van der Waals surface area (Å²) < 4.78 is 4.84. The minimum Gasteiger partial charge on any atom is -0.481 e. The van der Waals surface area contributed by atoms with Crippen molar-refractivity contribution in [2.45, 2.75) is 64.5 Å². The van der Waals surface area contributed by atoms with E-state index in [2.05, 4.69) is 16.0 Å². The second-order valence-electron chi connectivity index (χ2n) is 7.88. The minimum atomic E-state index is -1.87. The Morgan fingerprint density at radius 2 is 1.45 bits per heavy atom. The molecule has 7 N–H and O–H groups in total. The average molecular weight is 542 g/mol. The third-order valence-corrected chi connectivity index (χ3v) is 4.80. The molecule has 0 aliphatic rings. The lowest BCUT2D eigenvalue weighted by Gasteiger charge is -2.14. The van der Waals surface area contributed by atoms with Crippen LogP contribution in [0.3, 0.4) is 0 Å². The summed E-state index contributed by atoms with van der Waals surface area (Å²) in [5.41, 5.74) is 1.06. The summed E-state index contributed by atoms with van der Waals surface area (Å²) in [5, 5.41) is 41.5. The number of nitrogens with one attached hydrogen (secondary N) is 3. The number of carboxylic acids is 4. The van der Waals surface area contributed by atoms with Crippen molar-refractivity contribution < 1.29 is 53.9 Å². The monoisotopic (exact) mass is 541 g/mol. The van der Waals surface area contributed by atoms with Crippen molar-refractivity contribution in [2.24, 2.45) is 0 Å². The zero-order valence-electron chi connectivity index (χ0n) is 21.3. The number of urea groups is 1. The lowest BCUT2D eigenvalue weighted by molar-refractivity contribution is -0.159. The van der Waals surface area contributed by atoms with E-state index >= 15 is 0 Å². The van der Waals surface area contributed by atoms with Gasteiger partial charge in [-0.1, -0.05) is 38.8 Å². The van der Waals surface area contributed by atoms with Gasteiger partial charge in [0.15, 0.2) is 0 Å². The van der Waals surface area contributed by atoms with E-state index in [0.717, 1.165) is 31.2 Å². The number of rotatable bonds is 16. The number of unbranched alkanes of at least 4 members (excludes halogenated alkanes) is 2. The molecule has 212 valence electrons. The number of carbonyl (C=O) groups excluding carboxylic acids is 2. The average Bonchev–Trinajstić information content (AvgIpc) is 2.86. The Balaban J connectivity index is 0.000000755. The highest BCUT2D eigenvalue weighted by Gasteiger charge is 2.27. The van der Waals surface area contributed by atoms with Gasteiger partial charge in [0.1, 0.15) is 11.8 Å². The molecule has 1 atom stereocenters. The molecule has 0 saturated carbocycles. The molecule has 0 heterocycles. The molecule has 0 saturated heterocycles. The molecule has 0 spiro atoms. The Morgan fingerprint density at radius 1 is 0.842 bits per heavy atom. The van der Waals surface area contributed by atoms with Gasteiger partial charge in [-0.2, -0.15) is 0 Å². The molecule has 1 rings (SSSR count). The lowest BCUT2D eigenvalue weighted by Crippen LogP contribution is -2.48. The van der Waals surface area contributed by atoms with Crippen LogP contribution in [0.1, 0.15) is 51.5 Å². The van der Waals surface area contributed by atoms with Crippen LogP contribution in [0.25, 0.3) is 0 Å². The maximum atomic E-state index is 11.5. The van der Waals surface area contributed by atoms with Crippen molar-refractivity contribution in [1.82, 2.24) is 16.0 Å². The van der Waals surface area contributed by atoms with Crippen molar-refractivity contribution >= 4 is 35.8 Å². The molecule has 1 unspecified atom stereocenters. The zero-order valence-corrected chi connectivity index (χ0v) is 21.3. The molecule has 0 aliphatic heterocycles. The van der Waals surface area contributed by atoms with Gasteiger partial charge in [-0.15, -0.1) is 0 Å². The second kappa shape index (κ2) is 18.8. The maximum absolute atomic E-state index is 11.5. The highest BCUT2D eigenvalue weighted by molar-refractivity contribution is 5.96. The lowest BCUT2D eigenvalue weighted by atomic mass is 10.1. The zero-order chi connectivity index (χ0) is 29.1. The van der Waals surface area contributed by atoms with Crippen molar-refractivity contribution in [3.8, 4) is 5.75 Å². The van der Waals surface area contributed by atoms with Crippen LogP contribution in [0.4, 0.5) is 4.79 Å². The predicted molar refractivity (Wildman–Crippen MR) is 133 cm³/mol. The first-order valence-corrected chi connectivity index (χ1v) is 11.9. The molecular formula is C24H35N3O11. The number of carbonyl (C=O) groups is 6. The van der Waals surface area contributed by atoms with Gasteiger partial charge in [-0.05, 0) is 37.0 Å². The van der Waals surface area contributed by atoms with Crippen LogP contribution in [-0.2, 0) is 30.4 Å². The molecule has 0 aliphatic carbocycles. The summed E-state index contributed by atoms with van der Waals surface area (Å²) in [7, 11) is 0. The summed E-state index contributed by atoms with van der Waals surface area (Å²) in [6, 6.07) is 4.48. The fraction of sp³-hybridized carbons (Fsp3) is 0.500. The Bertz CT molecular complexity index is 921. The second-order valence-corrected chi connectivity index (χ2v) is 7.88. The fourth-order valence-electron chi connectivity index (χ4n) is 2.71. The summed E-state index contributed by atoms with van der Waals surface area (Å²) in [6.45, 7) is 4.26. The van der Waals surface area contributed by atoms with Crippen LogP contribution < -0.4 is 20.7 Å². The van der Waals surface area contributed by atoms with Gasteiger partial charge in [0.25, 0.3) is 6.10 Å². The van der Waals surface area contributed by atoms with E-state index < -0.39 is 42.1 Å². The highest BCUT2D eigenvalue weighted by atomic mass is 16.5. The number of hydrogen-bond donors (Lipinski definition) is 7. The number of benzene rings is 1. The van der Waals surface area contributed by atoms with Crippen LogP contribution in [0.2, 0.25) is 0 Å². The standard InChI is InChI=1S/C13H23N3O6.C11H12O5/c1-2-3-4-7-14-10(17)8-15-13(22)16-9(12(20)21)5-6-11(18)19;1-2-7-3-5-8(6-4-7)16-9(10(12)13)11(14)15/h9H,2-8H2,1H3,(H,14,17)(H,18,19)(H,20,21)(H2,15,16,22);3-6,9H,2H2,1H3,(H,12,13)(H,14,15). The molecule has 14 nitrogen and oxygen atoms in total. The smallest absolute Gasteiger partial charge is 0.356 e. The Labute approximate surface area is 219 Å². The SMILES string of the molecule is CCCCCNC(=O)CNC(=O)NC(CCC(=O)O)C(=O)O.CCc1ccc(OC(C(=O)O)C(=O)O)cc1. The van der Waals surface area contributed by atoms with Crippen molar-refractivity contribution in [3.63, 3.8) is 0 Å². The number of hydrogen-bond acceptors (Lipinski definition) is 7. The Kier molecular flexibility index (Phi) is 16.7. The third kappa shape index (κ3) is 15.6. The molecule has 1 aromatic carbocycles. The molecule has 3 amide bonds. The summed E-state index contributed by atoms with van der Waals surface area (Å²) in [4.78, 5) is 65.3. The molecule has 0 radical (unpaired) electrons. The normalized spacial score (nSPS) is 10.8. The van der Waals surface area contributed by atoms with Gasteiger partial charge in [0.2, 0.25) is 5.91 Å². The number of carboxylic acid groups (broad SMARTS) is 4. The van der Waals surface area contributed by atoms with Crippen molar-refractivity contribution in [3.05, 3.63) is 29.8 Å². The van der Waals surface area contributed by atoms with Crippen LogP contribution in [0.5, 0.6) is 5.75 Å². The topological polar surface area (TPSA) is 229 Å². The van der Waals surface area contributed by atoms with Crippen molar-refractivity contribution in [1.29, 1.82) is 0 Å². The maximum Gasteiger partial charge on any atom is 0.356 e. The van der Waals surface area contributed by atoms with Gasteiger partial charge in [-0.3, -0.25) is 9.59 Å². The summed E-state index contributed by atoms with van der Waals surface area (Å²) in [6.07, 6.45) is 1.25. The van der Waals surface area contributed by atoms with Gasteiger partial charge in [-0.25, -0.2) is 19.2 Å². The Morgan fingerprint density at radius 3 is 1.92 bits per heavy atom. The van der Waals surface area contributed by atoms with E-state index in [0.29, 0.717) is 6.54 Å².